The minimum atomic E-state index is -0.634. The van der Waals surface area contributed by atoms with Gasteiger partial charge in [0.15, 0.2) is 0 Å². The van der Waals surface area contributed by atoms with Gasteiger partial charge in [-0.1, -0.05) is 26.7 Å². The smallest absolute Gasteiger partial charge is 0.303 e. The van der Waals surface area contributed by atoms with Crippen LogP contribution in [-0.2, 0) is 4.79 Å². The average molecular weight is 362 g/mol. The van der Waals surface area contributed by atoms with Gasteiger partial charge >= 0.3 is 5.97 Å². The van der Waals surface area contributed by atoms with Crippen LogP contribution >= 0.6 is 0 Å². The zero-order valence-corrected chi connectivity index (χ0v) is 16.9. The summed E-state index contributed by atoms with van der Waals surface area (Å²) in [6.45, 7) is 5.10. The van der Waals surface area contributed by atoms with E-state index < -0.39 is 5.97 Å². The van der Waals surface area contributed by atoms with E-state index >= 15 is 0 Å². The van der Waals surface area contributed by atoms with E-state index in [-0.39, 0.29) is 5.54 Å². The molecule has 4 aliphatic carbocycles. The van der Waals surface area contributed by atoms with Gasteiger partial charge in [-0.05, 0) is 98.7 Å². The monoisotopic (exact) mass is 361 g/mol. The Bertz CT molecular complexity index is 562. The Kier molecular flexibility index (Phi) is 4.69. The van der Waals surface area contributed by atoms with Crippen molar-refractivity contribution < 1.29 is 9.90 Å². The maximum atomic E-state index is 10.9. The SMILES string of the molecule is CC12CCC3C(CCC4(N)CCCCC34C)C1CCC2CCCC(=O)O. The van der Waals surface area contributed by atoms with Gasteiger partial charge in [0.05, 0.1) is 0 Å². The number of carboxylic acid groups (broad SMARTS) is 1. The molecule has 0 aromatic rings. The molecule has 0 amide bonds. The summed E-state index contributed by atoms with van der Waals surface area (Å²) in [4.78, 5) is 10.9. The third kappa shape index (κ3) is 2.67. The zero-order valence-electron chi connectivity index (χ0n) is 16.9. The van der Waals surface area contributed by atoms with Crippen LogP contribution in [0.25, 0.3) is 0 Å². The number of rotatable bonds is 4. The Morgan fingerprint density at radius 2 is 1.77 bits per heavy atom. The number of carboxylic acids is 1. The molecule has 0 aromatic heterocycles. The van der Waals surface area contributed by atoms with E-state index in [9.17, 15) is 4.79 Å². The lowest BCUT2D eigenvalue weighted by Gasteiger charge is -2.64. The molecular weight excluding hydrogens is 322 g/mol. The molecule has 0 aromatic carbocycles. The van der Waals surface area contributed by atoms with E-state index in [2.05, 4.69) is 13.8 Å². The van der Waals surface area contributed by atoms with E-state index in [1.807, 2.05) is 0 Å². The van der Waals surface area contributed by atoms with E-state index in [4.69, 9.17) is 10.8 Å². The van der Waals surface area contributed by atoms with Gasteiger partial charge in [0.2, 0.25) is 0 Å². The molecule has 0 aliphatic heterocycles. The van der Waals surface area contributed by atoms with Crippen LogP contribution in [-0.4, -0.2) is 16.6 Å². The van der Waals surface area contributed by atoms with Crippen molar-refractivity contribution in [2.45, 2.75) is 103 Å². The van der Waals surface area contributed by atoms with Crippen LogP contribution in [0.5, 0.6) is 0 Å². The first-order chi connectivity index (χ1) is 12.3. The van der Waals surface area contributed by atoms with Gasteiger partial charge in [0.1, 0.15) is 0 Å². The lowest BCUT2D eigenvalue weighted by molar-refractivity contribution is -0.137. The molecule has 3 nitrogen and oxygen atoms in total. The van der Waals surface area contributed by atoms with Crippen molar-refractivity contribution in [2.75, 3.05) is 0 Å². The first kappa shape index (κ1) is 18.8. The summed E-state index contributed by atoms with van der Waals surface area (Å²) in [5.74, 6) is 2.68. The highest BCUT2D eigenvalue weighted by Crippen LogP contribution is 2.68. The maximum absolute atomic E-state index is 10.9. The first-order valence-electron chi connectivity index (χ1n) is 11.3. The van der Waals surface area contributed by atoms with E-state index in [0.717, 1.165) is 36.5 Å². The Hall–Kier alpha value is -0.570. The first-order valence-corrected chi connectivity index (χ1v) is 11.3. The maximum Gasteiger partial charge on any atom is 0.303 e. The molecule has 0 saturated heterocycles. The number of hydrogen-bond donors (Lipinski definition) is 2. The van der Waals surface area contributed by atoms with Crippen molar-refractivity contribution in [3.63, 3.8) is 0 Å². The highest BCUT2D eigenvalue weighted by molar-refractivity contribution is 5.66. The number of fused-ring (bicyclic) bond motifs is 5. The molecule has 7 atom stereocenters. The summed E-state index contributed by atoms with van der Waals surface area (Å²) >= 11 is 0. The largest absolute Gasteiger partial charge is 0.481 e. The number of carbonyl (C=O) groups is 1. The van der Waals surface area contributed by atoms with Crippen LogP contribution in [0.1, 0.15) is 97.3 Å². The molecule has 0 spiro atoms. The van der Waals surface area contributed by atoms with Crippen LogP contribution in [0.15, 0.2) is 0 Å². The number of aliphatic carboxylic acids is 1. The van der Waals surface area contributed by atoms with Crippen LogP contribution in [0.4, 0.5) is 0 Å². The van der Waals surface area contributed by atoms with Gasteiger partial charge in [-0.2, -0.15) is 0 Å². The summed E-state index contributed by atoms with van der Waals surface area (Å²) in [5.41, 5.74) is 7.95. The van der Waals surface area contributed by atoms with Gasteiger partial charge in [-0.25, -0.2) is 0 Å². The van der Waals surface area contributed by atoms with Crippen molar-refractivity contribution in [3.8, 4) is 0 Å². The minimum Gasteiger partial charge on any atom is -0.481 e. The molecule has 3 heteroatoms. The fourth-order valence-electron chi connectivity index (χ4n) is 8.42. The minimum absolute atomic E-state index is 0.0969. The molecule has 4 saturated carbocycles. The fourth-order valence-corrected chi connectivity index (χ4v) is 8.42. The van der Waals surface area contributed by atoms with E-state index in [1.54, 1.807) is 0 Å². The van der Waals surface area contributed by atoms with Gasteiger partial charge < -0.3 is 10.8 Å². The Balaban J connectivity index is 1.51. The van der Waals surface area contributed by atoms with E-state index in [0.29, 0.717) is 17.3 Å². The molecule has 4 rings (SSSR count). The second-order valence-electron chi connectivity index (χ2n) is 10.8. The van der Waals surface area contributed by atoms with Crippen molar-refractivity contribution in [3.05, 3.63) is 0 Å². The molecule has 148 valence electrons. The highest BCUT2D eigenvalue weighted by Gasteiger charge is 2.62. The quantitative estimate of drug-likeness (QED) is 0.707. The molecule has 26 heavy (non-hydrogen) atoms. The Labute approximate surface area is 159 Å². The van der Waals surface area contributed by atoms with Crippen LogP contribution < -0.4 is 5.73 Å². The Morgan fingerprint density at radius 3 is 2.54 bits per heavy atom. The summed E-state index contributed by atoms with van der Waals surface area (Å²) in [6, 6.07) is 0. The summed E-state index contributed by atoms with van der Waals surface area (Å²) in [5, 5.41) is 8.99. The van der Waals surface area contributed by atoms with Crippen LogP contribution in [0.2, 0.25) is 0 Å². The molecule has 4 aliphatic rings. The van der Waals surface area contributed by atoms with E-state index in [1.165, 1.54) is 64.2 Å². The summed E-state index contributed by atoms with van der Waals surface area (Å²) in [6.07, 6.45) is 15.6. The van der Waals surface area contributed by atoms with Crippen molar-refractivity contribution >= 4 is 5.97 Å². The zero-order chi connectivity index (χ0) is 18.6. The topological polar surface area (TPSA) is 63.3 Å². The molecule has 0 bridgehead atoms. The number of hydrogen-bond acceptors (Lipinski definition) is 2. The van der Waals surface area contributed by atoms with Crippen molar-refractivity contribution in [2.24, 2.45) is 40.2 Å². The standard InChI is InChI=1S/C23H39NO2/c1-21-14-11-19-17(10-15-23(24)13-4-3-12-22(19,23)2)18(21)9-8-16(21)6-5-7-20(25)26/h16-19H,3-15,24H2,1-2H3,(H,25,26). The van der Waals surface area contributed by atoms with Gasteiger partial charge in [-0.3, -0.25) is 4.79 Å². The van der Waals surface area contributed by atoms with Crippen LogP contribution in [0.3, 0.4) is 0 Å². The molecular formula is C23H39NO2. The Morgan fingerprint density at radius 1 is 1.00 bits per heavy atom. The molecule has 7 unspecified atom stereocenters. The predicted octanol–water partition coefficient (Wildman–Crippen LogP) is 5.37. The lowest BCUT2D eigenvalue weighted by Crippen LogP contribution is -2.65. The summed E-state index contributed by atoms with van der Waals surface area (Å²) < 4.78 is 0. The third-order valence-corrected chi connectivity index (χ3v) is 10.0. The average Bonchev–Trinajstić information content (AvgIpc) is 2.92. The highest BCUT2D eigenvalue weighted by atomic mass is 16.4. The molecule has 0 heterocycles. The normalized spacial score (nSPS) is 50.6. The second-order valence-corrected chi connectivity index (χ2v) is 10.8. The molecule has 0 radical (unpaired) electrons. The summed E-state index contributed by atoms with van der Waals surface area (Å²) in [7, 11) is 0. The fraction of sp³-hybridized carbons (Fsp3) is 0.957. The molecule has 4 fully saturated rings. The van der Waals surface area contributed by atoms with Crippen molar-refractivity contribution in [1.29, 1.82) is 0 Å². The second kappa shape index (κ2) is 6.50. The van der Waals surface area contributed by atoms with Gasteiger partial charge in [0.25, 0.3) is 0 Å². The number of nitrogens with two attached hydrogens (primary N) is 1. The van der Waals surface area contributed by atoms with Gasteiger partial charge in [-0.15, -0.1) is 0 Å². The van der Waals surface area contributed by atoms with Crippen molar-refractivity contribution in [1.82, 2.24) is 0 Å². The third-order valence-electron chi connectivity index (χ3n) is 10.0. The lowest BCUT2D eigenvalue weighted by atomic mass is 9.42. The van der Waals surface area contributed by atoms with Crippen LogP contribution in [0, 0.1) is 34.5 Å². The predicted molar refractivity (Wildman–Crippen MR) is 105 cm³/mol. The van der Waals surface area contributed by atoms with Gasteiger partial charge in [0, 0.05) is 12.0 Å². The molecule has 3 N–H and O–H groups in total.